The van der Waals surface area contributed by atoms with Crippen molar-refractivity contribution in [3.63, 3.8) is 0 Å². The standard InChI is InChI=1S/C26H23N5O2/c1-30(17-10-8-16(9-11-17)15-6-7-15)22-5-3-4-18-24(29-31(2)25(18)22)21-14-20-23(28-21)19(26(32)33)12-13-27-20/h3-5,8-15,28H,6-7H2,1-2H3,(H,32,33). The summed E-state index contributed by atoms with van der Waals surface area (Å²) >= 11 is 0. The van der Waals surface area contributed by atoms with E-state index in [1.54, 1.807) is 0 Å². The van der Waals surface area contributed by atoms with Crippen LogP contribution in [0.2, 0.25) is 0 Å². The van der Waals surface area contributed by atoms with Crippen LogP contribution in [0.1, 0.15) is 34.7 Å². The molecule has 0 atom stereocenters. The summed E-state index contributed by atoms with van der Waals surface area (Å²) in [6.07, 6.45) is 4.11. The van der Waals surface area contributed by atoms with Gasteiger partial charge < -0.3 is 15.0 Å². The van der Waals surface area contributed by atoms with Crippen molar-refractivity contribution in [3.05, 3.63) is 71.9 Å². The number of hydrogen-bond acceptors (Lipinski definition) is 4. The van der Waals surface area contributed by atoms with Gasteiger partial charge in [0.1, 0.15) is 5.69 Å². The summed E-state index contributed by atoms with van der Waals surface area (Å²) in [7, 11) is 4.00. The molecule has 7 heteroatoms. The summed E-state index contributed by atoms with van der Waals surface area (Å²) in [6.45, 7) is 0. The van der Waals surface area contributed by atoms with E-state index in [0.717, 1.165) is 39.6 Å². The first-order valence-electron chi connectivity index (χ1n) is 11.0. The Kier molecular flexibility index (Phi) is 4.26. The summed E-state index contributed by atoms with van der Waals surface area (Å²) in [6, 6.07) is 18.4. The van der Waals surface area contributed by atoms with Crippen molar-refractivity contribution in [2.75, 3.05) is 11.9 Å². The van der Waals surface area contributed by atoms with Crippen LogP contribution in [0.4, 0.5) is 11.4 Å². The van der Waals surface area contributed by atoms with Crippen molar-refractivity contribution >= 4 is 39.3 Å². The summed E-state index contributed by atoms with van der Waals surface area (Å²) in [5.74, 6) is -0.252. The highest BCUT2D eigenvalue weighted by molar-refractivity contribution is 6.05. The number of aromatic carboxylic acids is 1. The summed E-state index contributed by atoms with van der Waals surface area (Å²) < 4.78 is 1.88. The second kappa shape index (κ2) is 7.20. The van der Waals surface area contributed by atoms with Crippen molar-refractivity contribution in [3.8, 4) is 11.4 Å². The fraction of sp³-hybridized carbons (Fsp3) is 0.192. The van der Waals surface area contributed by atoms with Crippen LogP contribution in [-0.2, 0) is 7.05 Å². The zero-order valence-electron chi connectivity index (χ0n) is 18.4. The first-order chi connectivity index (χ1) is 16.0. The number of rotatable bonds is 5. The molecule has 3 aromatic heterocycles. The van der Waals surface area contributed by atoms with E-state index in [9.17, 15) is 9.90 Å². The van der Waals surface area contributed by atoms with E-state index in [4.69, 9.17) is 5.10 Å². The third-order valence-corrected chi connectivity index (χ3v) is 6.54. The number of aromatic amines is 1. The first-order valence-corrected chi connectivity index (χ1v) is 11.0. The molecule has 6 rings (SSSR count). The topological polar surface area (TPSA) is 87.0 Å². The van der Waals surface area contributed by atoms with Gasteiger partial charge in [0.05, 0.1) is 33.5 Å². The number of carboxylic acid groups (broad SMARTS) is 1. The Morgan fingerprint density at radius 3 is 2.67 bits per heavy atom. The number of nitrogens with zero attached hydrogens (tertiary/aromatic N) is 4. The van der Waals surface area contributed by atoms with Gasteiger partial charge in [-0.2, -0.15) is 5.10 Å². The minimum atomic E-state index is -0.988. The number of nitrogens with one attached hydrogen (secondary N) is 1. The fourth-order valence-corrected chi connectivity index (χ4v) is 4.64. The Hall–Kier alpha value is -4.13. The lowest BCUT2D eigenvalue weighted by Gasteiger charge is -2.21. The molecule has 1 saturated carbocycles. The van der Waals surface area contributed by atoms with Crippen LogP contribution >= 0.6 is 0 Å². The molecular formula is C26H23N5O2. The van der Waals surface area contributed by atoms with Crippen molar-refractivity contribution in [1.82, 2.24) is 19.7 Å². The lowest BCUT2D eigenvalue weighted by atomic mass is 10.1. The molecule has 0 saturated heterocycles. The molecule has 0 unspecified atom stereocenters. The molecule has 0 aliphatic heterocycles. The third-order valence-electron chi connectivity index (χ3n) is 6.54. The highest BCUT2D eigenvalue weighted by Gasteiger charge is 2.24. The van der Waals surface area contributed by atoms with E-state index in [-0.39, 0.29) is 5.56 Å². The second-order valence-corrected chi connectivity index (χ2v) is 8.68. The number of carboxylic acids is 1. The SMILES string of the molecule is CN(c1ccc(C2CC2)cc1)c1cccc2c(-c3cc4nccc(C(=O)O)c4[nH]3)nn(C)c12. The van der Waals surface area contributed by atoms with E-state index >= 15 is 0 Å². The van der Waals surface area contributed by atoms with Crippen molar-refractivity contribution in [2.45, 2.75) is 18.8 Å². The maximum absolute atomic E-state index is 11.6. The van der Waals surface area contributed by atoms with Gasteiger partial charge in [0.15, 0.2) is 0 Å². The van der Waals surface area contributed by atoms with Crippen molar-refractivity contribution in [2.24, 2.45) is 7.05 Å². The third kappa shape index (κ3) is 3.16. The first kappa shape index (κ1) is 19.5. The lowest BCUT2D eigenvalue weighted by molar-refractivity contribution is 0.0698. The zero-order valence-corrected chi connectivity index (χ0v) is 18.4. The minimum Gasteiger partial charge on any atom is -0.478 e. The number of hydrogen-bond donors (Lipinski definition) is 2. The van der Waals surface area contributed by atoms with E-state index in [1.165, 1.54) is 30.7 Å². The number of pyridine rings is 1. The molecule has 164 valence electrons. The van der Waals surface area contributed by atoms with Gasteiger partial charge in [-0.3, -0.25) is 9.67 Å². The monoisotopic (exact) mass is 437 g/mol. The van der Waals surface area contributed by atoms with E-state index in [2.05, 4.69) is 52.2 Å². The maximum atomic E-state index is 11.6. The van der Waals surface area contributed by atoms with Crippen LogP contribution in [-0.4, -0.2) is 37.9 Å². The summed E-state index contributed by atoms with van der Waals surface area (Å²) in [4.78, 5) is 21.4. The molecule has 7 nitrogen and oxygen atoms in total. The van der Waals surface area contributed by atoms with Gasteiger partial charge in [0.25, 0.3) is 0 Å². The summed E-state index contributed by atoms with van der Waals surface area (Å²) in [5.41, 5.74) is 7.40. The van der Waals surface area contributed by atoms with Crippen LogP contribution in [0.5, 0.6) is 0 Å². The van der Waals surface area contributed by atoms with Crippen LogP contribution in [0.25, 0.3) is 33.3 Å². The molecule has 1 aliphatic rings. The normalized spacial score (nSPS) is 13.6. The molecule has 0 spiro atoms. The Bertz CT molecular complexity index is 1530. The van der Waals surface area contributed by atoms with E-state index < -0.39 is 5.97 Å². The van der Waals surface area contributed by atoms with Crippen LogP contribution in [0.15, 0.2) is 60.8 Å². The van der Waals surface area contributed by atoms with Gasteiger partial charge in [0.2, 0.25) is 0 Å². The molecular weight excluding hydrogens is 414 g/mol. The molecule has 1 aliphatic carbocycles. The fourth-order valence-electron chi connectivity index (χ4n) is 4.64. The van der Waals surface area contributed by atoms with E-state index in [1.807, 2.05) is 29.9 Å². The molecule has 33 heavy (non-hydrogen) atoms. The van der Waals surface area contributed by atoms with Gasteiger partial charge in [0, 0.05) is 31.4 Å². The highest BCUT2D eigenvalue weighted by Crippen LogP contribution is 2.41. The predicted molar refractivity (Wildman–Crippen MR) is 129 cm³/mol. The Morgan fingerprint density at radius 2 is 1.94 bits per heavy atom. The van der Waals surface area contributed by atoms with Gasteiger partial charge in [-0.15, -0.1) is 0 Å². The Balaban J connectivity index is 1.46. The van der Waals surface area contributed by atoms with Crippen molar-refractivity contribution in [1.29, 1.82) is 0 Å². The molecule has 3 heterocycles. The number of aromatic nitrogens is 4. The van der Waals surface area contributed by atoms with Gasteiger partial charge in [-0.25, -0.2) is 4.79 Å². The Labute approximate surface area is 190 Å². The van der Waals surface area contributed by atoms with Crippen molar-refractivity contribution < 1.29 is 9.90 Å². The average molecular weight is 438 g/mol. The lowest BCUT2D eigenvalue weighted by Crippen LogP contribution is -2.11. The minimum absolute atomic E-state index is 0.196. The Morgan fingerprint density at radius 1 is 1.15 bits per heavy atom. The number of benzene rings is 2. The van der Waals surface area contributed by atoms with Crippen LogP contribution < -0.4 is 4.90 Å². The molecule has 2 N–H and O–H groups in total. The number of anilines is 2. The summed E-state index contributed by atoms with van der Waals surface area (Å²) in [5, 5.41) is 15.3. The average Bonchev–Trinajstić information content (AvgIpc) is 3.50. The number of H-pyrrole nitrogens is 1. The number of carbonyl (C=O) groups is 1. The van der Waals surface area contributed by atoms with Crippen LogP contribution in [0, 0.1) is 0 Å². The largest absolute Gasteiger partial charge is 0.478 e. The molecule has 5 aromatic rings. The quantitative estimate of drug-likeness (QED) is 0.381. The number of para-hydroxylation sites is 1. The second-order valence-electron chi connectivity index (χ2n) is 8.68. The molecule has 0 bridgehead atoms. The highest BCUT2D eigenvalue weighted by atomic mass is 16.4. The zero-order chi connectivity index (χ0) is 22.7. The number of aryl methyl sites for hydroxylation is 1. The predicted octanol–water partition coefficient (Wildman–Crippen LogP) is 5.46. The van der Waals surface area contributed by atoms with Gasteiger partial charge in [-0.1, -0.05) is 24.3 Å². The van der Waals surface area contributed by atoms with Gasteiger partial charge >= 0.3 is 5.97 Å². The molecule has 0 amide bonds. The molecule has 2 aromatic carbocycles. The maximum Gasteiger partial charge on any atom is 0.337 e. The van der Waals surface area contributed by atoms with E-state index in [0.29, 0.717) is 11.0 Å². The molecule has 1 fully saturated rings. The van der Waals surface area contributed by atoms with Gasteiger partial charge in [-0.05, 0) is 54.7 Å². The number of fused-ring (bicyclic) bond motifs is 2. The molecule has 0 radical (unpaired) electrons. The van der Waals surface area contributed by atoms with Crippen LogP contribution in [0.3, 0.4) is 0 Å². The smallest absolute Gasteiger partial charge is 0.337 e.